The van der Waals surface area contributed by atoms with Crippen molar-refractivity contribution in [2.75, 3.05) is 13.6 Å². The molecule has 1 aliphatic rings. The Morgan fingerprint density at radius 2 is 2.17 bits per heavy atom. The molecule has 0 unspecified atom stereocenters. The molecule has 6 nitrogen and oxygen atoms in total. The molecule has 0 amide bonds. The maximum absolute atomic E-state index is 12.4. The molecule has 1 aromatic carbocycles. The number of aromatic nitrogens is 1. The van der Waals surface area contributed by atoms with E-state index in [1.54, 1.807) is 18.2 Å². The third-order valence-corrected chi connectivity index (χ3v) is 5.30. The van der Waals surface area contributed by atoms with Crippen molar-refractivity contribution in [2.45, 2.75) is 30.2 Å². The van der Waals surface area contributed by atoms with E-state index in [2.05, 4.69) is 11.1 Å². The molecule has 1 aliphatic carbocycles. The monoisotopic (exact) mass is 346 g/mol. The summed E-state index contributed by atoms with van der Waals surface area (Å²) in [5, 5.41) is 3.85. The molecule has 126 valence electrons. The minimum Gasteiger partial charge on any atom is -0.357 e. The first-order valence-electron chi connectivity index (χ1n) is 7.64. The van der Waals surface area contributed by atoms with Gasteiger partial charge in [-0.1, -0.05) is 24.1 Å². The van der Waals surface area contributed by atoms with Crippen molar-refractivity contribution in [1.82, 2.24) is 10.1 Å². The summed E-state index contributed by atoms with van der Waals surface area (Å²) >= 11 is 0. The maximum atomic E-state index is 12.4. The van der Waals surface area contributed by atoms with Crippen molar-refractivity contribution < 1.29 is 17.1 Å². The highest BCUT2D eigenvalue weighted by Crippen LogP contribution is 2.40. The number of fused-ring (bicyclic) bond motifs is 1. The van der Waals surface area contributed by atoms with Crippen LogP contribution in [0.25, 0.3) is 0 Å². The van der Waals surface area contributed by atoms with Crippen molar-refractivity contribution in [1.29, 1.82) is 0 Å². The molecule has 1 atom stereocenters. The second kappa shape index (κ2) is 6.67. The van der Waals surface area contributed by atoms with Gasteiger partial charge in [0, 0.05) is 12.5 Å². The Morgan fingerprint density at radius 3 is 2.88 bits per heavy atom. The Labute approximate surface area is 141 Å². The van der Waals surface area contributed by atoms with Crippen molar-refractivity contribution in [2.24, 2.45) is 0 Å². The maximum Gasteiger partial charge on any atom is 0.340 e. The minimum atomic E-state index is -3.96. The van der Waals surface area contributed by atoms with Gasteiger partial charge in [-0.05, 0) is 37.2 Å². The molecule has 0 N–H and O–H groups in total. The van der Waals surface area contributed by atoms with Gasteiger partial charge >= 0.3 is 10.1 Å². The van der Waals surface area contributed by atoms with E-state index in [0.29, 0.717) is 24.3 Å². The van der Waals surface area contributed by atoms with Gasteiger partial charge in [-0.25, -0.2) is 0 Å². The van der Waals surface area contributed by atoms with Gasteiger partial charge < -0.3 is 8.71 Å². The number of hydrogen-bond acceptors (Lipinski definition) is 6. The van der Waals surface area contributed by atoms with Crippen LogP contribution >= 0.6 is 0 Å². The average molecular weight is 346 g/mol. The summed E-state index contributed by atoms with van der Waals surface area (Å²) in [6, 6.07) is 7.89. The highest BCUT2D eigenvalue weighted by atomic mass is 32.2. The second-order valence-corrected chi connectivity index (χ2v) is 7.25. The number of hydrogen-bond donors (Lipinski definition) is 0. The Balaban J connectivity index is 1.94. The smallest absolute Gasteiger partial charge is 0.340 e. The number of terminal acetylenes is 1. The molecule has 1 aromatic heterocycles. The SMILES string of the molecule is C#CCN(C)[C@@H]1CCCc2onc(OS(=O)(=O)c3ccccc3)c21. The normalized spacial score (nSPS) is 17.3. The summed E-state index contributed by atoms with van der Waals surface area (Å²) in [6.07, 6.45) is 7.86. The van der Waals surface area contributed by atoms with Crippen LogP contribution in [0.4, 0.5) is 0 Å². The first-order chi connectivity index (χ1) is 11.5. The van der Waals surface area contributed by atoms with Crippen LogP contribution in [0.5, 0.6) is 5.88 Å². The van der Waals surface area contributed by atoms with Gasteiger partial charge in [-0.15, -0.1) is 6.42 Å². The van der Waals surface area contributed by atoms with E-state index in [9.17, 15) is 8.42 Å². The summed E-state index contributed by atoms with van der Waals surface area (Å²) in [5.41, 5.74) is 0.679. The lowest BCUT2D eigenvalue weighted by atomic mass is 9.92. The number of benzene rings is 1. The van der Waals surface area contributed by atoms with E-state index in [1.807, 2.05) is 11.9 Å². The number of nitrogens with zero attached hydrogens (tertiary/aromatic N) is 2. The predicted molar refractivity (Wildman–Crippen MR) is 87.9 cm³/mol. The van der Waals surface area contributed by atoms with E-state index < -0.39 is 10.1 Å². The van der Waals surface area contributed by atoms with Gasteiger partial charge in [0.2, 0.25) is 0 Å². The second-order valence-electron chi connectivity index (χ2n) is 5.70. The van der Waals surface area contributed by atoms with Crippen LogP contribution in [0.3, 0.4) is 0 Å². The zero-order valence-corrected chi connectivity index (χ0v) is 14.1. The highest BCUT2D eigenvalue weighted by molar-refractivity contribution is 7.87. The van der Waals surface area contributed by atoms with Crippen LogP contribution in [0.2, 0.25) is 0 Å². The van der Waals surface area contributed by atoms with Crippen LogP contribution in [0, 0.1) is 12.3 Å². The van der Waals surface area contributed by atoms with Crippen molar-refractivity contribution in [3.8, 4) is 18.2 Å². The molecule has 24 heavy (non-hydrogen) atoms. The summed E-state index contributed by atoms with van der Waals surface area (Å²) in [5.74, 6) is 3.26. The molecular formula is C17H18N2O4S. The lowest BCUT2D eigenvalue weighted by Crippen LogP contribution is -2.28. The van der Waals surface area contributed by atoms with Gasteiger partial charge in [-0.2, -0.15) is 8.42 Å². The summed E-state index contributed by atoms with van der Waals surface area (Å²) in [6.45, 7) is 0.445. The zero-order chi connectivity index (χ0) is 17.2. The van der Waals surface area contributed by atoms with Crippen LogP contribution in [0.15, 0.2) is 39.8 Å². The van der Waals surface area contributed by atoms with Gasteiger partial charge in [-0.3, -0.25) is 4.90 Å². The van der Waals surface area contributed by atoms with Crippen LogP contribution in [-0.2, 0) is 16.5 Å². The fraction of sp³-hybridized carbons (Fsp3) is 0.353. The molecule has 1 heterocycles. The molecule has 0 aliphatic heterocycles. The Morgan fingerprint density at radius 1 is 1.42 bits per heavy atom. The fourth-order valence-corrected chi connectivity index (χ4v) is 3.83. The molecule has 0 radical (unpaired) electrons. The minimum absolute atomic E-state index is 0.00224. The molecule has 0 saturated carbocycles. The molecule has 0 fully saturated rings. The van der Waals surface area contributed by atoms with E-state index >= 15 is 0 Å². The number of aryl methyl sites for hydroxylation is 1. The average Bonchev–Trinajstić information content (AvgIpc) is 2.98. The first-order valence-corrected chi connectivity index (χ1v) is 9.05. The van der Waals surface area contributed by atoms with E-state index in [0.717, 1.165) is 12.8 Å². The van der Waals surface area contributed by atoms with Crippen LogP contribution in [0.1, 0.15) is 30.2 Å². The Bertz CT molecular complexity index is 852. The lowest BCUT2D eigenvalue weighted by molar-refractivity contribution is 0.236. The lowest BCUT2D eigenvalue weighted by Gasteiger charge is -2.29. The quantitative estimate of drug-likeness (QED) is 0.611. The molecule has 2 aromatic rings. The summed E-state index contributed by atoms with van der Waals surface area (Å²) in [4.78, 5) is 2.04. The highest BCUT2D eigenvalue weighted by Gasteiger charge is 2.33. The van der Waals surface area contributed by atoms with Crippen LogP contribution in [-0.4, -0.2) is 32.1 Å². The van der Waals surface area contributed by atoms with E-state index in [1.165, 1.54) is 12.1 Å². The third kappa shape index (κ3) is 3.16. The standard InChI is InChI=1S/C17H18N2O4S/c1-3-12-19(2)14-10-7-11-15-16(14)17(18-22-15)23-24(20,21)13-8-5-4-6-9-13/h1,4-6,8-9,14H,7,10-12H2,2H3/t14-/m1/s1. The molecule has 7 heteroatoms. The predicted octanol–water partition coefficient (Wildman–Crippen LogP) is 2.38. The Kier molecular flexibility index (Phi) is 4.60. The largest absolute Gasteiger partial charge is 0.357 e. The molecule has 3 rings (SSSR count). The molecule has 0 spiro atoms. The van der Waals surface area contributed by atoms with Crippen LogP contribution < -0.4 is 4.18 Å². The molecule has 0 saturated heterocycles. The van der Waals surface area contributed by atoms with Gasteiger partial charge in [0.25, 0.3) is 5.88 Å². The van der Waals surface area contributed by atoms with Crippen molar-refractivity contribution in [3.63, 3.8) is 0 Å². The van der Waals surface area contributed by atoms with E-state index in [4.69, 9.17) is 15.1 Å². The van der Waals surface area contributed by atoms with Gasteiger partial charge in [0.1, 0.15) is 10.7 Å². The fourth-order valence-electron chi connectivity index (χ4n) is 2.92. The first kappa shape index (κ1) is 16.6. The Hall–Kier alpha value is -2.30. The van der Waals surface area contributed by atoms with Gasteiger partial charge in [0.15, 0.2) is 0 Å². The number of rotatable bonds is 5. The summed E-state index contributed by atoms with van der Waals surface area (Å²) in [7, 11) is -2.07. The topological polar surface area (TPSA) is 72.6 Å². The third-order valence-electron chi connectivity index (χ3n) is 4.08. The zero-order valence-electron chi connectivity index (χ0n) is 13.3. The van der Waals surface area contributed by atoms with Gasteiger partial charge in [0.05, 0.1) is 12.1 Å². The molecule has 0 bridgehead atoms. The summed E-state index contributed by atoms with van der Waals surface area (Å²) < 4.78 is 35.5. The van der Waals surface area contributed by atoms with E-state index in [-0.39, 0.29) is 16.8 Å². The molecular weight excluding hydrogens is 328 g/mol. The van der Waals surface area contributed by atoms with Crippen molar-refractivity contribution >= 4 is 10.1 Å². The van der Waals surface area contributed by atoms with Crippen molar-refractivity contribution in [3.05, 3.63) is 41.7 Å².